The molecule has 0 aliphatic heterocycles. The number of anilines is 1. The summed E-state index contributed by atoms with van der Waals surface area (Å²) in [6, 6.07) is 9.95. The molecule has 136 valence electrons. The van der Waals surface area contributed by atoms with Gasteiger partial charge in [0.2, 0.25) is 5.91 Å². The molecule has 2 aromatic heterocycles. The third kappa shape index (κ3) is 3.85. The van der Waals surface area contributed by atoms with Gasteiger partial charge in [-0.2, -0.15) is 5.10 Å². The van der Waals surface area contributed by atoms with E-state index in [2.05, 4.69) is 36.2 Å². The number of nitrogens with zero attached hydrogens (tertiary/aromatic N) is 3. The number of aryl methyl sites for hydroxylation is 1. The second-order valence-electron chi connectivity index (χ2n) is 7.41. The van der Waals surface area contributed by atoms with Crippen LogP contribution in [0.3, 0.4) is 0 Å². The molecule has 3 aromatic rings. The first-order valence-corrected chi connectivity index (χ1v) is 9.50. The highest BCUT2D eigenvalue weighted by Crippen LogP contribution is 2.26. The Balaban J connectivity index is 1.76. The van der Waals surface area contributed by atoms with Crippen LogP contribution >= 0.6 is 11.3 Å². The van der Waals surface area contributed by atoms with Crippen molar-refractivity contribution in [1.29, 1.82) is 0 Å². The van der Waals surface area contributed by atoms with Crippen molar-refractivity contribution in [2.75, 3.05) is 5.32 Å². The Morgan fingerprint density at radius 3 is 2.50 bits per heavy atom. The van der Waals surface area contributed by atoms with E-state index >= 15 is 0 Å². The highest BCUT2D eigenvalue weighted by molar-refractivity contribution is 7.13. The second kappa shape index (κ2) is 7.03. The van der Waals surface area contributed by atoms with Gasteiger partial charge in [0.1, 0.15) is 0 Å². The van der Waals surface area contributed by atoms with E-state index in [0.717, 1.165) is 28.3 Å². The highest BCUT2D eigenvalue weighted by atomic mass is 32.1. The minimum absolute atomic E-state index is 0.0243. The summed E-state index contributed by atoms with van der Waals surface area (Å²) in [6.07, 6.45) is 0.287. The Kier molecular flexibility index (Phi) is 4.96. The summed E-state index contributed by atoms with van der Waals surface area (Å²) in [4.78, 5) is 17.0. The van der Waals surface area contributed by atoms with Gasteiger partial charge >= 0.3 is 0 Å². The van der Waals surface area contributed by atoms with Crippen molar-refractivity contribution in [1.82, 2.24) is 14.8 Å². The summed E-state index contributed by atoms with van der Waals surface area (Å²) in [5.41, 5.74) is 4.77. The molecule has 0 saturated carbocycles. The van der Waals surface area contributed by atoms with E-state index in [1.54, 1.807) is 0 Å². The van der Waals surface area contributed by atoms with Crippen molar-refractivity contribution < 1.29 is 4.79 Å². The summed E-state index contributed by atoms with van der Waals surface area (Å²) in [5.74, 6) is -0.0707. The smallest absolute Gasteiger partial charge is 0.230 e. The number of carbonyl (C=O) groups is 1. The molecular weight excluding hydrogens is 344 g/mol. The number of benzene rings is 1. The molecule has 0 spiro atoms. The summed E-state index contributed by atoms with van der Waals surface area (Å²) in [5, 5.41) is 10.2. The maximum atomic E-state index is 12.5. The molecule has 1 N–H and O–H groups in total. The van der Waals surface area contributed by atoms with Gasteiger partial charge < -0.3 is 5.32 Å². The first-order chi connectivity index (χ1) is 12.3. The average molecular weight is 369 g/mol. The zero-order chi connectivity index (χ0) is 18.9. The van der Waals surface area contributed by atoms with E-state index in [1.165, 1.54) is 11.3 Å². The number of aromatic nitrogens is 3. The minimum Gasteiger partial charge on any atom is -0.302 e. The van der Waals surface area contributed by atoms with Gasteiger partial charge in [-0.1, -0.05) is 39.0 Å². The quantitative estimate of drug-likeness (QED) is 0.741. The van der Waals surface area contributed by atoms with Crippen LogP contribution in [0, 0.1) is 13.8 Å². The molecule has 0 aliphatic rings. The fourth-order valence-electron chi connectivity index (χ4n) is 2.75. The lowest BCUT2D eigenvalue weighted by molar-refractivity contribution is -0.115. The van der Waals surface area contributed by atoms with E-state index in [1.807, 2.05) is 54.2 Å². The van der Waals surface area contributed by atoms with E-state index in [-0.39, 0.29) is 17.7 Å². The van der Waals surface area contributed by atoms with Gasteiger partial charge in [-0.25, -0.2) is 9.67 Å². The molecule has 0 fully saturated rings. The molecule has 0 radical (unpaired) electrons. The van der Waals surface area contributed by atoms with Gasteiger partial charge in [0.25, 0.3) is 0 Å². The number of nitrogens with one attached hydrogen (secondary N) is 1. The van der Waals surface area contributed by atoms with Crippen molar-refractivity contribution in [2.24, 2.45) is 0 Å². The largest absolute Gasteiger partial charge is 0.302 e. The fourth-order valence-corrected chi connectivity index (χ4v) is 3.70. The number of hydrogen-bond acceptors (Lipinski definition) is 4. The van der Waals surface area contributed by atoms with Crippen LogP contribution in [0.1, 0.15) is 43.4 Å². The van der Waals surface area contributed by atoms with Gasteiger partial charge in [0, 0.05) is 22.1 Å². The van der Waals surface area contributed by atoms with Gasteiger partial charge in [0.05, 0.1) is 23.5 Å². The molecule has 5 nitrogen and oxygen atoms in total. The van der Waals surface area contributed by atoms with Crippen LogP contribution in [-0.2, 0) is 16.6 Å². The van der Waals surface area contributed by atoms with Crippen LogP contribution in [-0.4, -0.2) is 20.7 Å². The molecule has 1 aromatic carbocycles. The molecule has 2 heterocycles. The van der Waals surface area contributed by atoms with E-state index in [0.29, 0.717) is 5.13 Å². The van der Waals surface area contributed by atoms with Crippen molar-refractivity contribution in [3.63, 3.8) is 0 Å². The molecule has 26 heavy (non-hydrogen) atoms. The van der Waals surface area contributed by atoms with Crippen LogP contribution in [0.5, 0.6) is 0 Å². The number of amides is 1. The third-order valence-electron chi connectivity index (χ3n) is 4.30. The molecule has 0 bridgehead atoms. The monoisotopic (exact) mass is 368 g/mol. The van der Waals surface area contributed by atoms with Gasteiger partial charge in [0.15, 0.2) is 5.13 Å². The highest BCUT2D eigenvalue weighted by Gasteiger charge is 2.19. The minimum atomic E-state index is -0.0707. The van der Waals surface area contributed by atoms with Gasteiger partial charge in [-0.05, 0) is 26.0 Å². The zero-order valence-electron chi connectivity index (χ0n) is 15.8. The molecule has 0 unspecified atom stereocenters. The zero-order valence-corrected chi connectivity index (χ0v) is 16.6. The lowest BCUT2D eigenvalue weighted by Gasteiger charge is -2.14. The average Bonchev–Trinajstić information content (AvgIpc) is 3.15. The molecule has 1 amide bonds. The van der Waals surface area contributed by atoms with Crippen LogP contribution in [0.2, 0.25) is 0 Å². The van der Waals surface area contributed by atoms with Gasteiger partial charge in [-0.15, -0.1) is 11.3 Å². The number of carbonyl (C=O) groups excluding carboxylic acids is 1. The summed E-state index contributed by atoms with van der Waals surface area (Å²) in [7, 11) is 0. The van der Waals surface area contributed by atoms with E-state index in [4.69, 9.17) is 0 Å². The molecular formula is C20H24N4OS. The Morgan fingerprint density at radius 2 is 1.88 bits per heavy atom. The SMILES string of the molecule is Cc1nn(-c2ccccc2)c(C)c1CC(=O)Nc1nc(C(C)(C)C)cs1. The molecule has 3 rings (SSSR count). The lowest BCUT2D eigenvalue weighted by Crippen LogP contribution is -2.16. The summed E-state index contributed by atoms with van der Waals surface area (Å²) in [6.45, 7) is 10.3. The first kappa shape index (κ1) is 18.3. The van der Waals surface area contributed by atoms with E-state index in [9.17, 15) is 4.79 Å². The Labute approximate surface area is 158 Å². The second-order valence-corrected chi connectivity index (χ2v) is 8.27. The normalized spacial score (nSPS) is 11.6. The third-order valence-corrected chi connectivity index (χ3v) is 5.06. The Hall–Kier alpha value is -2.47. The van der Waals surface area contributed by atoms with Gasteiger partial charge in [-0.3, -0.25) is 4.79 Å². The standard InChI is InChI=1S/C20H24N4OS/c1-13-16(14(2)24(23-13)15-9-7-6-8-10-15)11-18(25)22-19-21-17(12-26-19)20(3,4)5/h6-10,12H,11H2,1-5H3,(H,21,22,25). The molecule has 6 heteroatoms. The molecule has 0 aliphatic carbocycles. The number of thiazole rings is 1. The van der Waals surface area contributed by atoms with Crippen molar-refractivity contribution in [3.8, 4) is 5.69 Å². The first-order valence-electron chi connectivity index (χ1n) is 8.62. The Bertz CT molecular complexity index is 919. The van der Waals surface area contributed by atoms with Crippen molar-refractivity contribution in [2.45, 2.75) is 46.5 Å². The lowest BCUT2D eigenvalue weighted by atomic mass is 9.93. The van der Waals surface area contributed by atoms with E-state index < -0.39 is 0 Å². The fraction of sp³-hybridized carbons (Fsp3) is 0.350. The molecule has 0 atom stereocenters. The van der Waals surface area contributed by atoms with Crippen LogP contribution in [0.25, 0.3) is 5.69 Å². The van der Waals surface area contributed by atoms with Crippen LogP contribution in [0.4, 0.5) is 5.13 Å². The Morgan fingerprint density at radius 1 is 1.19 bits per heavy atom. The summed E-state index contributed by atoms with van der Waals surface area (Å²) >= 11 is 1.46. The number of hydrogen-bond donors (Lipinski definition) is 1. The van der Waals surface area contributed by atoms with Crippen molar-refractivity contribution >= 4 is 22.4 Å². The number of para-hydroxylation sites is 1. The van der Waals surface area contributed by atoms with Crippen molar-refractivity contribution in [3.05, 3.63) is 58.4 Å². The van der Waals surface area contributed by atoms with Crippen LogP contribution in [0.15, 0.2) is 35.7 Å². The predicted octanol–water partition coefficient (Wildman–Crippen LogP) is 4.42. The summed E-state index contributed by atoms with van der Waals surface area (Å²) < 4.78 is 1.89. The number of rotatable bonds is 4. The predicted molar refractivity (Wildman–Crippen MR) is 106 cm³/mol. The topological polar surface area (TPSA) is 59.8 Å². The molecule has 0 saturated heterocycles. The maximum absolute atomic E-state index is 12.5. The maximum Gasteiger partial charge on any atom is 0.230 e. The van der Waals surface area contributed by atoms with Crippen LogP contribution < -0.4 is 5.32 Å².